The van der Waals surface area contributed by atoms with E-state index in [0.29, 0.717) is 0 Å². The van der Waals surface area contributed by atoms with Gasteiger partial charge in [-0.05, 0) is 212 Å². The van der Waals surface area contributed by atoms with Crippen molar-refractivity contribution in [1.29, 1.82) is 0 Å². The minimum atomic E-state index is 0. The predicted octanol–water partition coefficient (Wildman–Crippen LogP) is 18.5. The van der Waals surface area contributed by atoms with Gasteiger partial charge in [0.15, 0.2) is 0 Å². The second-order valence-electron chi connectivity index (χ2n) is 18.7. The van der Waals surface area contributed by atoms with Crippen LogP contribution in [0, 0.1) is 13.8 Å². The molecule has 64 heavy (non-hydrogen) atoms. The highest BCUT2D eigenvalue weighted by molar-refractivity contribution is 6.47. The average molecular weight is 808 g/mol. The summed E-state index contributed by atoms with van der Waals surface area (Å²) in [7, 11) is 0. The van der Waals surface area contributed by atoms with E-state index < -0.39 is 0 Å². The van der Waals surface area contributed by atoms with E-state index in [2.05, 4.69) is 196 Å². The first-order valence-electron chi connectivity index (χ1n) is 22.7. The van der Waals surface area contributed by atoms with Crippen LogP contribution in [0.4, 0.5) is 0 Å². The van der Waals surface area contributed by atoms with Crippen LogP contribution < -0.4 is 0 Å². The number of hydrogen-bond donors (Lipinski definition) is 0. The van der Waals surface area contributed by atoms with Gasteiger partial charge in [-0.1, -0.05) is 158 Å². The molecular formula is C64H38. The Labute approximate surface area is 369 Å². The summed E-state index contributed by atoms with van der Waals surface area (Å²) in [6.07, 6.45) is 0. The molecule has 15 aromatic rings. The first kappa shape index (κ1) is 33.6. The summed E-state index contributed by atoms with van der Waals surface area (Å²) in [6, 6.07) is 70.0. The maximum atomic E-state index is 2.56. The second-order valence-corrected chi connectivity index (χ2v) is 18.7. The van der Waals surface area contributed by atoms with E-state index in [1.807, 2.05) is 0 Å². The number of rotatable bonds is 2. The quantitative estimate of drug-likeness (QED) is 0.121. The lowest BCUT2D eigenvalue weighted by atomic mass is 9.84. The third-order valence-electron chi connectivity index (χ3n) is 15.7. The molecule has 0 N–H and O–H groups in total. The van der Waals surface area contributed by atoms with Crippen LogP contribution in [0.3, 0.4) is 0 Å². The van der Waals surface area contributed by atoms with E-state index >= 15 is 0 Å². The molecule has 0 heterocycles. The number of aryl methyl sites for hydroxylation is 2. The van der Waals surface area contributed by atoms with Gasteiger partial charge in [-0.15, -0.1) is 0 Å². The molecule has 0 unspecified atom stereocenters. The van der Waals surface area contributed by atoms with Crippen LogP contribution in [0.2, 0.25) is 0 Å². The van der Waals surface area contributed by atoms with Gasteiger partial charge >= 0.3 is 0 Å². The molecule has 0 saturated carbocycles. The Hall–Kier alpha value is -8.06. The summed E-state index contributed by atoms with van der Waals surface area (Å²) in [6.45, 7) is 4.58. The molecule has 0 aromatic heterocycles. The molecule has 0 nitrogen and oxygen atoms in total. The molecule has 0 fully saturated rings. The fourth-order valence-corrected chi connectivity index (χ4v) is 13.0. The molecule has 16 rings (SSSR count). The summed E-state index contributed by atoms with van der Waals surface area (Å²) >= 11 is 0. The maximum Gasteiger partial charge on any atom is 0 e. The second kappa shape index (κ2) is 11.5. The van der Waals surface area contributed by atoms with E-state index in [4.69, 9.17) is 0 Å². The largest absolute Gasteiger partial charge is 0.0620 e. The van der Waals surface area contributed by atoms with E-state index in [1.54, 1.807) is 0 Å². The zero-order valence-corrected chi connectivity index (χ0v) is 35.3. The molecule has 0 saturated heterocycles. The summed E-state index contributed by atoms with van der Waals surface area (Å²) < 4.78 is 0. The van der Waals surface area contributed by atoms with Crippen molar-refractivity contribution in [3.05, 3.63) is 193 Å². The fourth-order valence-electron chi connectivity index (χ4n) is 13.0. The average Bonchev–Trinajstić information content (AvgIpc) is 3.95. The summed E-state index contributed by atoms with van der Waals surface area (Å²) in [5, 5.41) is 29.5. The van der Waals surface area contributed by atoms with Gasteiger partial charge in [-0.3, -0.25) is 0 Å². The zero-order chi connectivity index (χ0) is 41.7. The Morgan fingerprint density at radius 1 is 0.219 bits per heavy atom. The lowest BCUT2D eigenvalue weighted by Gasteiger charge is -2.19. The number of fused-ring (bicyclic) bond motifs is 13. The van der Waals surface area contributed by atoms with Crippen LogP contribution >= 0.6 is 0 Å². The number of hydrogen-bond acceptors (Lipinski definition) is 0. The maximum absolute atomic E-state index is 2.56. The molecule has 1 aliphatic carbocycles. The van der Waals surface area contributed by atoms with Gasteiger partial charge in [0.1, 0.15) is 0 Å². The summed E-state index contributed by atoms with van der Waals surface area (Å²) in [4.78, 5) is 0. The third-order valence-corrected chi connectivity index (χ3v) is 15.7. The highest BCUT2D eigenvalue weighted by Gasteiger charge is 2.30. The van der Waals surface area contributed by atoms with E-state index in [1.165, 1.54) is 174 Å². The van der Waals surface area contributed by atoms with Crippen molar-refractivity contribution in [2.45, 2.75) is 13.8 Å². The van der Waals surface area contributed by atoms with Crippen molar-refractivity contribution >= 4 is 118 Å². The first-order chi connectivity index (χ1) is 31.6. The monoisotopic (exact) mass is 807 g/mol. The lowest BCUT2D eigenvalue weighted by Crippen LogP contribution is -1.92. The van der Waals surface area contributed by atoms with Gasteiger partial charge in [0.25, 0.3) is 0 Å². The smallest absolute Gasteiger partial charge is 0 e. The van der Waals surface area contributed by atoms with E-state index in [-0.39, 0.29) is 1.43 Å². The van der Waals surface area contributed by atoms with Crippen LogP contribution in [-0.2, 0) is 0 Å². The topological polar surface area (TPSA) is 0 Å². The highest BCUT2D eigenvalue weighted by Crippen LogP contribution is 2.58. The molecule has 294 valence electrons. The molecule has 0 atom stereocenters. The Morgan fingerprint density at radius 2 is 0.609 bits per heavy atom. The first-order valence-corrected chi connectivity index (χ1v) is 22.7. The van der Waals surface area contributed by atoms with Gasteiger partial charge in [0.05, 0.1) is 0 Å². The summed E-state index contributed by atoms with van der Waals surface area (Å²) in [5.41, 5.74) is 13.2. The van der Waals surface area contributed by atoms with Gasteiger partial charge in [-0.25, -0.2) is 0 Å². The summed E-state index contributed by atoms with van der Waals surface area (Å²) in [5.74, 6) is 0. The van der Waals surface area contributed by atoms with Crippen molar-refractivity contribution < 1.29 is 1.43 Å². The molecular weight excluding hydrogens is 769 g/mol. The molecule has 1 aliphatic rings. The van der Waals surface area contributed by atoms with Crippen molar-refractivity contribution in [3.8, 4) is 44.5 Å². The van der Waals surface area contributed by atoms with Crippen molar-refractivity contribution in [2.24, 2.45) is 0 Å². The van der Waals surface area contributed by atoms with Crippen LogP contribution in [0.25, 0.3) is 163 Å². The van der Waals surface area contributed by atoms with Crippen LogP contribution in [-0.4, -0.2) is 0 Å². The molecule has 0 radical (unpaired) electrons. The molecule has 0 aliphatic heterocycles. The highest BCUT2D eigenvalue weighted by atomic mass is 14.3. The Bertz CT molecular complexity index is 4330. The Kier molecular flexibility index (Phi) is 6.02. The van der Waals surface area contributed by atoms with Crippen molar-refractivity contribution in [1.82, 2.24) is 0 Å². The number of benzene rings is 13. The minimum absolute atomic E-state index is 0. The van der Waals surface area contributed by atoms with Crippen molar-refractivity contribution in [3.63, 3.8) is 0 Å². The van der Waals surface area contributed by atoms with Gasteiger partial charge in [-0.2, -0.15) is 0 Å². The van der Waals surface area contributed by atoms with Crippen LogP contribution in [0.1, 0.15) is 12.6 Å². The van der Waals surface area contributed by atoms with E-state index in [9.17, 15) is 0 Å². The molecule has 0 amide bonds. The zero-order valence-electron chi connectivity index (χ0n) is 35.3. The SMILES string of the molecule is Cc1ccccc1-c1c2cc3c(cc2c(-c2ccccc2C)c2c4ccc5c6ccc7c8c(ccc(c9ccc(c12)c4c95)c86)-c1cc2ccccc2cc1-7)c1cccc2cccc3c21.[2HH]. The molecule has 0 heteroatoms. The lowest BCUT2D eigenvalue weighted by molar-refractivity contribution is 1.47. The van der Waals surface area contributed by atoms with Crippen LogP contribution in [0.15, 0.2) is 182 Å². The molecule has 0 bridgehead atoms. The Morgan fingerprint density at radius 3 is 1.11 bits per heavy atom. The normalized spacial score (nSPS) is 12.8. The standard InChI is InChI=1S/C64H36.H2/c1-33-11-3-7-17-38(33)57-54-31-52-40-19-9-15-35-16-10-20-41(56(35)40)53(52)32-55(54)58(39-18-8-4-12-34(39)2)64-49-28-26-45-43-22-24-47-51-30-37-14-6-5-13-36(37)29-50(51)46-23-21-42(59(43)61(46)47)44-25-27-48(63(57)64)62(49)60(44)45;/h3-32H,1-2H3;1H/i;1+1. The van der Waals surface area contributed by atoms with Gasteiger partial charge in [0, 0.05) is 1.43 Å². The minimum Gasteiger partial charge on any atom is -0.0620 e. The van der Waals surface area contributed by atoms with Crippen molar-refractivity contribution in [2.75, 3.05) is 0 Å². The third kappa shape index (κ3) is 3.90. The molecule has 0 spiro atoms. The van der Waals surface area contributed by atoms with E-state index in [0.717, 1.165) is 0 Å². The van der Waals surface area contributed by atoms with Gasteiger partial charge in [0.2, 0.25) is 0 Å². The Balaban J connectivity index is 0.00000390. The molecule has 15 aromatic carbocycles. The fraction of sp³-hybridized carbons (Fsp3) is 0.0312. The van der Waals surface area contributed by atoms with Crippen LogP contribution in [0.5, 0.6) is 0 Å². The van der Waals surface area contributed by atoms with Gasteiger partial charge < -0.3 is 0 Å². The predicted molar refractivity (Wildman–Crippen MR) is 279 cm³/mol.